The van der Waals surface area contributed by atoms with Gasteiger partial charge in [-0.2, -0.15) is 8.78 Å². The molecule has 144 valence electrons. The molecule has 1 aliphatic heterocycles. The molecule has 2 rings (SSSR count). The van der Waals surface area contributed by atoms with Crippen molar-refractivity contribution in [3.63, 3.8) is 0 Å². The number of carbonyl (C=O) groups excluding carboxylic acids is 2. The Labute approximate surface area is 156 Å². The Morgan fingerprint density at radius 1 is 1.23 bits per heavy atom. The van der Waals surface area contributed by atoms with Gasteiger partial charge in [0.25, 0.3) is 11.7 Å². The number of nitrogens with zero attached hydrogens (tertiary/aromatic N) is 1. The molecular formula is C18H24F2N2O3S. The van der Waals surface area contributed by atoms with Crippen LogP contribution in [-0.4, -0.2) is 35.2 Å². The molecule has 26 heavy (non-hydrogen) atoms. The molecule has 0 spiro atoms. The summed E-state index contributed by atoms with van der Waals surface area (Å²) in [6, 6.07) is 4.33. The average Bonchev–Trinajstić information content (AvgIpc) is 2.80. The van der Waals surface area contributed by atoms with Crippen LogP contribution < -0.4 is 10.1 Å². The number of rotatable bonds is 9. The van der Waals surface area contributed by atoms with E-state index in [9.17, 15) is 18.4 Å². The van der Waals surface area contributed by atoms with Gasteiger partial charge in [0, 0.05) is 0 Å². The van der Waals surface area contributed by atoms with Gasteiger partial charge in [-0.3, -0.25) is 9.69 Å². The zero-order valence-corrected chi connectivity index (χ0v) is 16.0. The summed E-state index contributed by atoms with van der Waals surface area (Å²) in [4.78, 5) is 26.8. The third kappa shape index (κ3) is 4.28. The molecule has 3 amide bonds. The fourth-order valence-electron chi connectivity index (χ4n) is 3.32. The van der Waals surface area contributed by atoms with Crippen molar-refractivity contribution in [3.8, 4) is 5.75 Å². The largest absolute Gasteiger partial charge is 0.496 e. The van der Waals surface area contributed by atoms with Gasteiger partial charge in [0.1, 0.15) is 11.3 Å². The fraction of sp³-hybridized carbons (Fsp3) is 0.556. The fourth-order valence-corrected chi connectivity index (χ4v) is 3.92. The number of imide groups is 1. The molecule has 8 heteroatoms. The van der Waals surface area contributed by atoms with E-state index in [2.05, 4.69) is 5.32 Å². The molecule has 0 radical (unpaired) electrons. The summed E-state index contributed by atoms with van der Waals surface area (Å²) >= 11 is 0.397. The Kier molecular flexibility index (Phi) is 6.86. The first-order valence-electron chi connectivity index (χ1n) is 8.62. The molecule has 1 saturated heterocycles. The molecule has 1 aromatic carbocycles. The van der Waals surface area contributed by atoms with Crippen LogP contribution in [0.4, 0.5) is 13.6 Å². The number of halogens is 2. The van der Waals surface area contributed by atoms with Crippen LogP contribution >= 0.6 is 11.8 Å². The summed E-state index contributed by atoms with van der Waals surface area (Å²) in [5, 5.41) is 2.86. The first-order valence-corrected chi connectivity index (χ1v) is 9.50. The maximum absolute atomic E-state index is 12.9. The van der Waals surface area contributed by atoms with Crippen LogP contribution in [0.15, 0.2) is 23.1 Å². The van der Waals surface area contributed by atoms with E-state index in [1.807, 2.05) is 13.8 Å². The maximum atomic E-state index is 12.9. The monoisotopic (exact) mass is 386 g/mol. The number of amides is 3. The van der Waals surface area contributed by atoms with Crippen molar-refractivity contribution in [2.75, 3.05) is 7.11 Å². The molecule has 0 bridgehead atoms. The van der Waals surface area contributed by atoms with Crippen molar-refractivity contribution >= 4 is 23.7 Å². The number of methoxy groups -OCH3 is 1. The molecule has 1 heterocycles. The first kappa shape index (κ1) is 20.5. The molecule has 0 aliphatic carbocycles. The van der Waals surface area contributed by atoms with E-state index >= 15 is 0 Å². The SMILES string of the molecule is CCCC1(CCC)NC(=O)N(Cc2ccc(SC(F)F)c(OC)c2)C1=O. The Bertz CT molecular complexity index is 664. The Hall–Kier alpha value is -1.83. The quantitative estimate of drug-likeness (QED) is 0.505. The van der Waals surface area contributed by atoms with Crippen LogP contribution in [0.3, 0.4) is 0 Å². The van der Waals surface area contributed by atoms with Crippen molar-refractivity contribution in [2.45, 2.75) is 62.3 Å². The van der Waals surface area contributed by atoms with Crippen LogP contribution in [0.5, 0.6) is 5.75 Å². The molecule has 0 unspecified atom stereocenters. The number of urea groups is 1. The molecule has 0 aromatic heterocycles. The summed E-state index contributed by atoms with van der Waals surface area (Å²) < 4.78 is 30.4. The normalized spacial score (nSPS) is 16.3. The highest BCUT2D eigenvalue weighted by Gasteiger charge is 2.49. The zero-order valence-electron chi connectivity index (χ0n) is 15.2. The predicted octanol–water partition coefficient (Wildman–Crippen LogP) is 4.40. The number of nitrogens with one attached hydrogen (secondary N) is 1. The summed E-state index contributed by atoms with van der Waals surface area (Å²) in [6.45, 7) is 4.03. The van der Waals surface area contributed by atoms with Crippen LogP contribution in [-0.2, 0) is 11.3 Å². The van der Waals surface area contributed by atoms with E-state index in [1.54, 1.807) is 12.1 Å². The topological polar surface area (TPSA) is 58.6 Å². The molecule has 1 aromatic rings. The molecule has 1 aliphatic rings. The minimum Gasteiger partial charge on any atom is -0.496 e. The van der Waals surface area contributed by atoms with Gasteiger partial charge in [-0.05, 0) is 30.5 Å². The Morgan fingerprint density at radius 3 is 2.42 bits per heavy atom. The summed E-state index contributed by atoms with van der Waals surface area (Å²) in [6.07, 6.45) is 2.75. The smallest absolute Gasteiger partial charge is 0.325 e. The van der Waals surface area contributed by atoms with Gasteiger partial charge in [-0.1, -0.05) is 44.5 Å². The molecule has 5 nitrogen and oxygen atoms in total. The van der Waals surface area contributed by atoms with Gasteiger partial charge in [0.2, 0.25) is 0 Å². The van der Waals surface area contributed by atoms with E-state index in [1.165, 1.54) is 18.1 Å². The van der Waals surface area contributed by atoms with Crippen molar-refractivity contribution in [1.82, 2.24) is 10.2 Å². The number of alkyl halides is 2. The van der Waals surface area contributed by atoms with Crippen LogP contribution in [0, 0.1) is 0 Å². The number of ether oxygens (including phenoxy) is 1. The highest BCUT2D eigenvalue weighted by Crippen LogP contribution is 2.35. The number of thioether (sulfide) groups is 1. The third-order valence-corrected chi connectivity index (χ3v) is 5.15. The van der Waals surface area contributed by atoms with E-state index in [-0.39, 0.29) is 12.5 Å². The summed E-state index contributed by atoms with van der Waals surface area (Å²) in [7, 11) is 1.40. The highest BCUT2D eigenvalue weighted by atomic mass is 32.2. The van der Waals surface area contributed by atoms with Crippen LogP contribution in [0.2, 0.25) is 0 Å². The molecule has 0 saturated carbocycles. The van der Waals surface area contributed by atoms with E-state index in [0.717, 1.165) is 12.8 Å². The van der Waals surface area contributed by atoms with Gasteiger partial charge in [-0.25, -0.2) is 4.79 Å². The van der Waals surface area contributed by atoms with E-state index < -0.39 is 17.3 Å². The second-order valence-electron chi connectivity index (χ2n) is 6.27. The van der Waals surface area contributed by atoms with Gasteiger partial charge in [0.05, 0.1) is 18.6 Å². The lowest BCUT2D eigenvalue weighted by molar-refractivity contribution is -0.132. The third-order valence-electron chi connectivity index (χ3n) is 4.38. The van der Waals surface area contributed by atoms with Gasteiger partial charge < -0.3 is 10.1 Å². The first-order chi connectivity index (χ1) is 12.4. The molecule has 1 N–H and O–H groups in total. The number of carbonyl (C=O) groups is 2. The van der Waals surface area contributed by atoms with Gasteiger partial charge in [-0.15, -0.1) is 0 Å². The number of hydrogen-bond acceptors (Lipinski definition) is 4. The second kappa shape index (κ2) is 8.70. The molecule has 0 atom stereocenters. The lowest BCUT2D eigenvalue weighted by atomic mass is 9.88. The number of hydrogen-bond donors (Lipinski definition) is 1. The maximum Gasteiger partial charge on any atom is 0.325 e. The summed E-state index contributed by atoms with van der Waals surface area (Å²) in [5.74, 6) is -2.48. The second-order valence-corrected chi connectivity index (χ2v) is 7.30. The van der Waals surface area contributed by atoms with Crippen molar-refractivity contribution in [3.05, 3.63) is 23.8 Å². The predicted molar refractivity (Wildman–Crippen MR) is 96.5 cm³/mol. The van der Waals surface area contributed by atoms with Crippen LogP contribution in [0.25, 0.3) is 0 Å². The van der Waals surface area contributed by atoms with E-state index in [0.29, 0.717) is 40.8 Å². The Morgan fingerprint density at radius 2 is 1.88 bits per heavy atom. The van der Waals surface area contributed by atoms with Crippen molar-refractivity contribution in [2.24, 2.45) is 0 Å². The minimum absolute atomic E-state index is 0.0792. The average molecular weight is 386 g/mol. The zero-order chi connectivity index (χ0) is 19.3. The summed E-state index contributed by atoms with van der Waals surface area (Å²) in [5.41, 5.74) is -0.191. The minimum atomic E-state index is -2.55. The number of benzene rings is 1. The van der Waals surface area contributed by atoms with Crippen LogP contribution in [0.1, 0.15) is 45.1 Å². The van der Waals surface area contributed by atoms with Gasteiger partial charge in [0.15, 0.2) is 0 Å². The lowest BCUT2D eigenvalue weighted by Crippen LogP contribution is -2.46. The Balaban J connectivity index is 2.22. The molecule has 1 fully saturated rings. The van der Waals surface area contributed by atoms with Crippen molar-refractivity contribution in [1.29, 1.82) is 0 Å². The van der Waals surface area contributed by atoms with Gasteiger partial charge >= 0.3 is 6.03 Å². The molecular weight excluding hydrogens is 362 g/mol. The standard InChI is InChI=1S/C18H24F2N2O3S/c1-4-8-18(9-5-2)15(23)22(17(24)21-18)11-12-6-7-14(26-16(19)20)13(10-12)25-3/h6-7,10,16H,4-5,8-9,11H2,1-3H3,(H,21,24). The highest BCUT2D eigenvalue weighted by molar-refractivity contribution is 7.99. The lowest BCUT2D eigenvalue weighted by Gasteiger charge is -2.25. The van der Waals surface area contributed by atoms with Crippen molar-refractivity contribution < 1.29 is 23.1 Å². The van der Waals surface area contributed by atoms with E-state index in [4.69, 9.17) is 4.74 Å².